The molecule has 138 valence electrons. The van der Waals surface area contributed by atoms with Crippen LogP contribution in [0.3, 0.4) is 0 Å². The molecule has 9 nitrogen and oxygen atoms in total. The van der Waals surface area contributed by atoms with Gasteiger partial charge in [0.1, 0.15) is 6.61 Å². The predicted molar refractivity (Wildman–Crippen MR) is 86.7 cm³/mol. The van der Waals surface area contributed by atoms with Crippen LogP contribution in [0.25, 0.3) is 0 Å². The normalized spacial score (nSPS) is 28.6. The molecule has 0 spiro atoms. The number of hydrogen-bond acceptors (Lipinski definition) is 7. The number of rotatable bonds is 5. The monoisotopic (exact) mass is 394 g/mol. The second-order valence-corrected chi connectivity index (χ2v) is 6.48. The van der Waals surface area contributed by atoms with Crippen LogP contribution in [-0.4, -0.2) is 52.3 Å². The molecule has 2 rings (SSSR count). The maximum Gasteiger partial charge on any atom is 0.330 e. The van der Waals surface area contributed by atoms with Crippen LogP contribution < -0.4 is 11.2 Å². The van der Waals surface area contributed by atoms with Gasteiger partial charge in [-0.3, -0.25) is 23.9 Å². The topological polar surface area (TPSA) is 117 Å². The summed E-state index contributed by atoms with van der Waals surface area (Å²) in [6.45, 7) is 1.72. The first kappa shape index (κ1) is 19.5. The molecule has 3 atom stereocenters. The SMILES string of the molecule is CC(=O)OC[C@@]1(CCl)OC[C@](Cl)(n2ccc(=O)[nH]c2=O)[C@@H]1OC(C)=O. The van der Waals surface area contributed by atoms with E-state index in [1.165, 1.54) is 6.92 Å². The molecule has 1 saturated heterocycles. The lowest BCUT2D eigenvalue weighted by molar-refractivity contribution is -0.167. The lowest BCUT2D eigenvalue weighted by Crippen LogP contribution is -2.56. The molecule has 0 bridgehead atoms. The second-order valence-electron chi connectivity index (χ2n) is 5.56. The smallest absolute Gasteiger partial charge is 0.330 e. The Morgan fingerprint density at radius 2 is 2.08 bits per heavy atom. The van der Waals surface area contributed by atoms with Gasteiger partial charge < -0.3 is 14.2 Å². The average Bonchev–Trinajstić information content (AvgIpc) is 2.79. The fourth-order valence-corrected chi connectivity index (χ4v) is 3.28. The van der Waals surface area contributed by atoms with Crippen molar-refractivity contribution in [1.82, 2.24) is 9.55 Å². The highest BCUT2D eigenvalue weighted by molar-refractivity contribution is 6.23. The highest BCUT2D eigenvalue weighted by Gasteiger charge is 2.62. The van der Waals surface area contributed by atoms with Gasteiger partial charge >= 0.3 is 17.6 Å². The molecule has 1 aliphatic rings. The van der Waals surface area contributed by atoms with Crippen LogP contribution >= 0.6 is 23.2 Å². The van der Waals surface area contributed by atoms with Crippen molar-refractivity contribution in [2.45, 2.75) is 30.6 Å². The summed E-state index contributed by atoms with van der Waals surface area (Å²) >= 11 is 12.6. The van der Waals surface area contributed by atoms with Gasteiger partial charge in [0, 0.05) is 26.1 Å². The number of halogens is 2. The molecule has 0 radical (unpaired) electrons. The van der Waals surface area contributed by atoms with E-state index in [9.17, 15) is 19.2 Å². The molecule has 0 aliphatic carbocycles. The first-order valence-corrected chi connectivity index (χ1v) is 8.08. The number of alkyl halides is 2. The van der Waals surface area contributed by atoms with Crippen molar-refractivity contribution in [3.63, 3.8) is 0 Å². The van der Waals surface area contributed by atoms with Crippen LogP contribution in [0.2, 0.25) is 0 Å². The molecule has 1 aliphatic heterocycles. The third-order valence-electron chi connectivity index (χ3n) is 3.70. The standard InChI is InChI=1S/C14H16Cl2N2O7/c1-8(19)23-6-13(5-15)11(25-9(2)20)14(16,7-24-13)18-4-3-10(21)17-12(18)22/h3-4,11H,5-7H2,1-2H3,(H,17,21,22)/t11-,13-,14+/m1/s1. The number of nitrogens with one attached hydrogen (secondary N) is 1. The van der Waals surface area contributed by atoms with E-state index in [0.717, 1.165) is 23.8 Å². The van der Waals surface area contributed by atoms with E-state index in [0.29, 0.717) is 0 Å². The van der Waals surface area contributed by atoms with E-state index < -0.39 is 39.9 Å². The molecule has 2 heterocycles. The quantitative estimate of drug-likeness (QED) is 0.548. The first-order chi connectivity index (χ1) is 11.6. The minimum Gasteiger partial charge on any atom is -0.463 e. The Bertz CT molecular complexity index is 792. The van der Waals surface area contributed by atoms with Gasteiger partial charge in [0.15, 0.2) is 16.7 Å². The zero-order valence-corrected chi connectivity index (χ0v) is 14.9. The van der Waals surface area contributed by atoms with Crippen molar-refractivity contribution >= 4 is 35.1 Å². The maximum absolute atomic E-state index is 12.1. The van der Waals surface area contributed by atoms with E-state index in [1.807, 2.05) is 0 Å². The van der Waals surface area contributed by atoms with Crippen LogP contribution in [0, 0.1) is 0 Å². The van der Waals surface area contributed by atoms with Gasteiger partial charge in [0.2, 0.25) is 0 Å². The van der Waals surface area contributed by atoms with Gasteiger partial charge in [-0.05, 0) is 0 Å². The fraction of sp³-hybridized carbons (Fsp3) is 0.571. The van der Waals surface area contributed by atoms with Gasteiger partial charge in [0.05, 0.1) is 12.5 Å². The molecule has 1 fully saturated rings. The Morgan fingerprint density at radius 3 is 2.60 bits per heavy atom. The number of carbonyl (C=O) groups excluding carboxylic acids is 2. The van der Waals surface area contributed by atoms with Crippen LogP contribution in [0.5, 0.6) is 0 Å². The summed E-state index contributed by atoms with van der Waals surface area (Å²) in [4.78, 5) is 46.5. The molecule has 1 aromatic heterocycles. The lowest BCUT2D eigenvalue weighted by atomic mass is 9.96. The molecule has 0 unspecified atom stereocenters. The molecule has 25 heavy (non-hydrogen) atoms. The van der Waals surface area contributed by atoms with Crippen molar-refractivity contribution in [3.8, 4) is 0 Å². The minimum atomic E-state index is -1.69. The Balaban J connectivity index is 2.53. The fourth-order valence-electron chi connectivity index (χ4n) is 2.56. The molecule has 0 amide bonds. The zero-order chi connectivity index (χ0) is 18.8. The molecule has 1 aromatic rings. The summed E-state index contributed by atoms with van der Waals surface area (Å²) in [5.74, 6) is -1.52. The molecule has 1 N–H and O–H groups in total. The number of aromatic amines is 1. The lowest BCUT2D eigenvalue weighted by Gasteiger charge is -2.36. The van der Waals surface area contributed by atoms with Crippen molar-refractivity contribution in [3.05, 3.63) is 33.1 Å². The third-order valence-corrected chi connectivity index (χ3v) is 4.64. The Kier molecular flexibility index (Phi) is 5.60. The van der Waals surface area contributed by atoms with Gasteiger partial charge in [-0.15, -0.1) is 11.6 Å². The average molecular weight is 395 g/mol. The van der Waals surface area contributed by atoms with Crippen molar-refractivity contribution in [1.29, 1.82) is 0 Å². The van der Waals surface area contributed by atoms with E-state index in [2.05, 4.69) is 4.98 Å². The summed E-state index contributed by atoms with van der Waals surface area (Å²) < 4.78 is 16.9. The van der Waals surface area contributed by atoms with Gasteiger partial charge in [-0.1, -0.05) is 11.6 Å². The molecule has 0 saturated carbocycles. The largest absolute Gasteiger partial charge is 0.463 e. The van der Waals surface area contributed by atoms with Crippen LogP contribution in [0.1, 0.15) is 13.8 Å². The molecular weight excluding hydrogens is 379 g/mol. The van der Waals surface area contributed by atoms with Gasteiger partial charge in [-0.25, -0.2) is 4.79 Å². The van der Waals surface area contributed by atoms with Crippen molar-refractivity contribution in [2.24, 2.45) is 0 Å². The first-order valence-electron chi connectivity index (χ1n) is 7.16. The van der Waals surface area contributed by atoms with Crippen LogP contribution in [0.15, 0.2) is 21.9 Å². The summed E-state index contributed by atoms with van der Waals surface area (Å²) in [5, 5.41) is 0. The summed E-state index contributed by atoms with van der Waals surface area (Å²) in [5.41, 5.74) is -2.90. The number of hydrogen-bond donors (Lipinski definition) is 1. The summed E-state index contributed by atoms with van der Waals surface area (Å²) in [7, 11) is 0. The second kappa shape index (κ2) is 7.19. The summed E-state index contributed by atoms with van der Waals surface area (Å²) in [6.07, 6.45) is -0.107. The number of ether oxygens (including phenoxy) is 3. The van der Waals surface area contributed by atoms with E-state index in [4.69, 9.17) is 37.4 Å². The number of aromatic nitrogens is 2. The maximum atomic E-state index is 12.1. The number of esters is 2. The van der Waals surface area contributed by atoms with Crippen molar-refractivity contribution in [2.75, 3.05) is 19.1 Å². The number of nitrogens with zero attached hydrogens (tertiary/aromatic N) is 1. The third kappa shape index (κ3) is 3.73. The van der Waals surface area contributed by atoms with Crippen molar-refractivity contribution < 1.29 is 23.8 Å². The highest BCUT2D eigenvalue weighted by Crippen LogP contribution is 2.44. The number of H-pyrrole nitrogens is 1. The molecule has 11 heteroatoms. The van der Waals surface area contributed by atoms with Crippen LogP contribution in [-0.2, 0) is 28.8 Å². The Labute approximate surface area is 151 Å². The van der Waals surface area contributed by atoms with Gasteiger partial charge in [-0.2, -0.15) is 0 Å². The molecular formula is C14H16Cl2N2O7. The zero-order valence-electron chi connectivity index (χ0n) is 13.4. The molecule has 0 aromatic carbocycles. The Morgan fingerprint density at radius 1 is 1.40 bits per heavy atom. The van der Waals surface area contributed by atoms with E-state index in [-0.39, 0.29) is 19.1 Å². The van der Waals surface area contributed by atoms with E-state index >= 15 is 0 Å². The number of carbonyl (C=O) groups is 2. The predicted octanol–water partition coefficient (Wildman–Crippen LogP) is -0.0692. The Hall–Kier alpha value is -1.84. The highest BCUT2D eigenvalue weighted by atomic mass is 35.5. The minimum absolute atomic E-state index is 0.231. The van der Waals surface area contributed by atoms with Gasteiger partial charge in [0.25, 0.3) is 5.56 Å². The van der Waals surface area contributed by atoms with Crippen LogP contribution in [0.4, 0.5) is 0 Å². The van der Waals surface area contributed by atoms with E-state index in [1.54, 1.807) is 0 Å². The summed E-state index contributed by atoms with van der Waals surface area (Å²) in [6, 6.07) is 1.09.